The molecule has 2 atom stereocenters. The van der Waals surface area contributed by atoms with Crippen LogP contribution in [-0.2, 0) is 0 Å². The highest BCUT2D eigenvalue weighted by Gasteiger charge is 2.27. The molecule has 2 heterocycles. The molecule has 4 nitrogen and oxygen atoms in total. The van der Waals surface area contributed by atoms with E-state index in [1.807, 2.05) is 18.8 Å². The molecule has 2 aliphatic heterocycles. The van der Waals surface area contributed by atoms with Gasteiger partial charge in [0.05, 0.1) is 0 Å². The molecule has 2 unspecified atom stereocenters. The Morgan fingerprint density at radius 1 is 1.24 bits per heavy atom. The molecule has 1 aromatic rings. The molecule has 0 radical (unpaired) electrons. The molecule has 0 aliphatic carbocycles. The fourth-order valence-corrected chi connectivity index (χ4v) is 4.79. The minimum atomic E-state index is 0.516. The molecule has 0 aromatic heterocycles. The van der Waals surface area contributed by atoms with Crippen LogP contribution in [0.15, 0.2) is 40.2 Å². The minimum Gasteiger partial charge on any atom is -0.355 e. The highest BCUT2D eigenvalue weighted by Crippen LogP contribution is 2.23. The van der Waals surface area contributed by atoms with Gasteiger partial charge < -0.3 is 15.1 Å². The van der Waals surface area contributed by atoms with E-state index in [9.17, 15) is 0 Å². The second-order valence-electron chi connectivity index (χ2n) is 7.28. The summed E-state index contributed by atoms with van der Waals surface area (Å²) in [7, 11) is 1.91. The van der Waals surface area contributed by atoms with E-state index in [1.54, 1.807) is 0 Å². The molecule has 25 heavy (non-hydrogen) atoms. The molecule has 2 saturated heterocycles. The van der Waals surface area contributed by atoms with E-state index in [1.165, 1.54) is 43.8 Å². The molecular formula is C20H32N4S. The third-order valence-electron chi connectivity index (χ3n) is 5.14. The smallest absolute Gasteiger partial charge is 0.193 e. The molecule has 0 saturated carbocycles. The summed E-state index contributed by atoms with van der Waals surface area (Å²) < 4.78 is 0. The molecule has 1 aromatic carbocycles. The normalized spacial score (nSPS) is 23.2. The fraction of sp³-hybridized carbons (Fsp3) is 0.650. The van der Waals surface area contributed by atoms with Crippen molar-refractivity contribution in [1.29, 1.82) is 0 Å². The predicted molar refractivity (Wildman–Crippen MR) is 108 cm³/mol. The van der Waals surface area contributed by atoms with Crippen molar-refractivity contribution in [3.8, 4) is 0 Å². The average molecular weight is 361 g/mol. The summed E-state index contributed by atoms with van der Waals surface area (Å²) in [6.45, 7) is 9.38. The van der Waals surface area contributed by atoms with Gasteiger partial charge in [0.25, 0.3) is 0 Å². The SMILES string of the molecule is CN=C(NCC(C)Sc1ccccc1)N1CCC(CN2CCCC2)C1. The van der Waals surface area contributed by atoms with Gasteiger partial charge in [-0.05, 0) is 50.4 Å². The largest absolute Gasteiger partial charge is 0.355 e. The summed E-state index contributed by atoms with van der Waals surface area (Å²) in [5.74, 6) is 1.87. The highest BCUT2D eigenvalue weighted by molar-refractivity contribution is 8.00. The number of hydrogen-bond acceptors (Lipinski definition) is 3. The van der Waals surface area contributed by atoms with Crippen LogP contribution in [0.3, 0.4) is 0 Å². The van der Waals surface area contributed by atoms with E-state index >= 15 is 0 Å². The Balaban J connectivity index is 1.41. The first-order valence-electron chi connectivity index (χ1n) is 9.64. The molecule has 5 heteroatoms. The van der Waals surface area contributed by atoms with Gasteiger partial charge in [-0.3, -0.25) is 4.99 Å². The van der Waals surface area contributed by atoms with Crippen molar-refractivity contribution in [2.75, 3.05) is 46.3 Å². The molecule has 2 aliphatic rings. The number of hydrogen-bond donors (Lipinski definition) is 1. The van der Waals surface area contributed by atoms with Gasteiger partial charge in [0, 0.05) is 43.4 Å². The maximum Gasteiger partial charge on any atom is 0.193 e. The average Bonchev–Trinajstić information content (AvgIpc) is 3.29. The van der Waals surface area contributed by atoms with Crippen LogP contribution in [0.5, 0.6) is 0 Å². The zero-order chi connectivity index (χ0) is 17.5. The summed E-state index contributed by atoms with van der Waals surface area (Å²) in [5.41, 5.74) is 0. The van der Waals surface area contributed by atoms with Crippen molar-refractivity contribution in [3.63, 3.8) is 0 Å². The van der Waals surface area contributed by atoms with E-state index < -0.39 is 0 Å². The lowest BCUT2D eigenvalue weighted by molar-refractivity contribution is 0.281. The predicted octanol–water partition coefficient (Wildman–Crippen LogP) is 3.16. The van der Waals surface area contributed by atoms with Crippen molar-refractivity contribution in [3.05, 3.63) is 30.3 Å². The van der Waals surface area contributed by atoms with Crippen LogP contribution in [0.4, 0.5) is 0 Å². The van der Waals surface area contributed by atoms with Gasteiger partial charge in [0.15, 0.2) is 5.96 Å². The van der Waals surface area contributed by atoms with E-state index in [0.717, 1.165) is 31.5 Å². The summed E-state index contributed by atoms with van der Waals surface area (Å²) in [4.78, 5) is 10.9. The summed E-state index contributed by atoms with van der Waals surface area (Å²) in [6.07, 6.45) is 4.07. The lowest BCUT2D eigenvalue weighted by Crippen LogP contribution is -2.42. The van der Waals surface area contributed by atoms with Gasteiger partial charge >= 0.3 is 0 Å². The molecule has 3 rings (SSSR count). The Morgan fingerprint density at radius 3 is 2.72 bits per heavy atom. The van der Waals surface area contributed by atoms with E-state index in [4.69, 9.17) is 0 Å². The molecular weight excluding hydrogens is 328 g/mol. The van der Waals surface area contributed by atoms with Crippen LogP contribution in [-0.4, -0.2) is 67.3 Å². The molecule has 2 fully saturated rings. The maximum absolute atomic E-state index is 4.52. The van der Waals surface area contributed by atoms with Crippen LogP contribution < -0.4 is 5.32 Å². The number of aliphatic imine (C=N–C) groups is 1. The minimum absolute atomic E-state index is 0.516. The van der Waals surface area contributed by atoms with Crippen LogP contribution in [0.25, 0.3) is 0 Å². The van der Waals surface area contributed by atoms with Crippen molar-refractivity contribution in [1.82, 2.24) is 15.1 Å². The van der Waals surface area contributed by atoms with Gasteiger partial charge in [0.2, 0.25) is 0 Å². The number of nitrogens with one attached hydrogen (secondary N) is 1. The molecule has 1 N–H and O–H groups in total. The van der Waals surface area contributed by atoms with Crippen molar-refractivity contribution < 1.29 is 0 Å². The molecule has 0 spiro atoms. The second kappa shape index (κ2) is 9.48. The van der Waals surface area contributed by atoms with Gasteiger partial charge in [-0.1, -0.05) is 25.1 Å². The van der Waals surface area contributed by atoms with Crippen molar-refractivity contribution in [2.45, 2.75) is 36.3 Å². The highest BCUT2D eigenvalue weighted by atomic mass is 32.2. The van der Waals surface area contributed by atoms with Crippen LogP contribution in [0, 0.1) is 5.92 Å². The van der Waals surface area contributed by atoms with Crippen molar-refractivity contribution >= 4 is 17.7 Å². The topological polar surface area (TPSA) is 30.9 Å². The molecule has 138 valence electrons. The summed E-state index contributed by atoms with van der Waals surface area (Å²) >= 11 is 1.92. The first-order valence-corrected chi connectivity index (χ1v) is 10.5. The van der Waals surface area contributed by atoms with Gasteiger partial charge in [-0.15, -0.1) is 11.8 Å². The number of nitrogens with zero attached hydrogens (tertiary/aromatic N) is 3. The third-order valence-corrected chi connectivity index (χ3v) is 6.25. The Labute approximate surface area is 157 Å². The van der Waals surface area contributed by atoms with E-state index in [2.05, 4.69) is 57.4 Å². The summed E-state index contributed by atoms with van der Waals surface area (Å²) in [6, 6.07) is 10.6. The lowest BCUT2D eigenvalue weighted by atomic mass is 10.1. The Kier molecular flexibility index (Phi) is 7.05. The van der Waals surface area contributed by atoms with Crippen molar-refractivity contribution in [2.24, 2.45) is 10.9 Å². The van der Waals surface area contributed by atoms with Crippen LogP contribution >= 0.6 is 11.8 Å². The molecule has 0 amide bonds. The Morgan fingerprint density at radius 2 is 2.00 bits per heavy atom. The quantitative estimate of drug-likeness (QED) is 0.480. The second-order valence-corrected chi connectivity index (χ2v) is 8.79. The number of likely N-dealkylation sites (tertiary alicyclic amines) is 2. The first-order chi connectivity index (χ1) is 12.2. The first kappa shape index (κ1) is 18.6. The van der Waals surface area contributed by atoms with Gasteiger partial charge in [-0.25, -0.2) is 0 Å². The zero-order valence-electron chi connectivity index (χ0n) is 15.7. The maximum atomic E-state index is 4.52. The zero-order valence-corrected chi connectivity index (χ0v) is 16.5. The molecule has 0 bridgehead atoms. The monoisotopic (exact) mass is 360 g/mol. The van der Waals surface area contributed by atoms with Gasteiger partial charge in [-0.2, -0.15) is 0 Å². The summed E-state index contributed by atoms with van der Waals surface area (Å²) in [5, 5.41) is 4.10. The Hall–Kier alpha value is -1.20. The number of rotatable bonds is 6. The number of benzene rings is 1. The van der Waals surface area contributed by atoms with E-state index in [0.29, 0.717) is 5.25 Å². The fourth-order valence-electron chi connectivity index (χ4n) is 3.84. The third kappa shape index (κ3) is 5.65. The number of guanidine groups is 1. The number of thioether (sulfide) groups is 1. The van der Waals surface area contributed by atoms with E-state index in [-0.39, 0.29) is 0 Å². The van der Waals surface area contributed by atoms with Gasteiger partial charge in [0.1, 0.15) is 0 Å². The standard InChI is InChI=1S/C20H32N4S/c1-17(25-19-8-4-3-5-9-19)14-22-20(21-2)24-13-10-18(16-24)15-23-11-6-7-12-23/h3-5,8-9,17-18H,6-7,10-16H2,1-2H3,(H,21,22). The van der Waals surface area contributed by atoms with Crippen LogP contribution in [0.2, 0.25) is 0 Å². The lowest BCUT2D eigenvalue weighted by Gasteiger charge is -2.24. The Bertz CT molecular complexity index is 542. The van der Waals surface area contributed by atoms with Crippen LogP contribution in [0.1, 0.15) is 26.2 Å².